The van der Waals surface area contributed by atoms with E-state index >= 15 is 0 Å². The Hall–Kier alpha value is -2.75. The highest BCUT2D eigenvalue weighted by Crippen LogP contribution is 2.34. The number of nitrogens with zero attached hydrogens (tertiary/aromatic N) is 3. The van der Waals surface area contributed by atoms with Gasteiger partial charge in [0.2, 0.25) is 0 Å². The second-order valence-electron chi connectivity index (χ2n) is 21.9. The summed E-state index contributed by atoms with van der Waals surface area (Å²) in [6, 6.07) is 27.7. The molecular weight excluding hydrogens is 874 g/mol. The van der Waals surface area contributed by atoms with E-state index in [2.05, 4.69) is 131 Å². The van der Waals surface area contributed by atoms with Gasteiger partial charge in [-0.25, -0.2) is 0 Å². The van der Waals surface area contributed by atoms with Gasteiger partial charge in [-0.1, -0.05) is 131 Å². The van der Waals surface area contributed by atoms with Crippen LogP contribution in [0.25, 0.3) is 0 Å². The lowest BCUT2D eigenvalue weighted by atomic mass is 9.78. The number of aliphatic hydroxyl groups excluding tert-OH is 2. The Balaban J connectivity index is 0.000000222. The van der Waals surface area contributed by atoms with E-state index in [1.165, 1.54) is 54.6 Å². The number of allylic oxidation sites excluding steroid dienone is 1. The average Bonchev–Trinajstić information content (AvgIpc) is 3.32. The number of rotatable bonds is 18. The van der Waals surface area contributed by atoms with Crippen molar-refractivity contribution in [1.82, 2.24) is 14.7 Å². The Morgan fingerprint density at radius 2 is 1.10 bits per heavy atom. The zero-order chi connectivity index (χ0) is 49.0. The molecule has 3 aromatic rings. The number of carbonyl (C=O) groups excluding carboxylic acids is 1. The standard InChI is InChI=1S/C23H35NO2.C18H28ClNO.C17H26ClNO/c1-6-26-22(25)19-12-14-24(15-13-19)21(16-18(2)3)17-23(4,5)20-10-8-7-9-11-20;1-18(2,16-3-5-17(19)6-4-16)10-13-20-11-7-15(8-12-20)9-14-21;1-17(2,15-3-5-16(18)6-4-15)9-12-19-10-7-14(13-20)8-11-19/h7-11,16,19,21H,6,12-15,17H2,1-5H3;3-6,15,21H,7-14H2,1-2H3;3-6,14,20H,7-13H2,1-2H3. The third-order valence-corrected chi connectivity index (χ3v) is 15.5. The highest BCUT2D eigenvalue weighted by molar-refractivity contribution is 6.30. The topological polar surface area (TPSA) is 76.5 Å². The van der Waals surface area contributed by atoms with Crippen molar-refractivity contribution in [3.63, 3.8) is 0 Å². The molecule has 374 valence electrons. The second-order valence-corrected chi connectivity index (χ2v) is 22.7. The molecule has 3 aliphatic heterocycles. The van der Waals surface area contributed by atoms with E-state index < -0.39 is 0 Å². The Bertz CT molecular complexity index is 1860. The van der Waals surface area contributed by atoms with Gasteiger partial charge < -0.3 is 24.7 Å². The third kappa shape index (κ3) is 19.5. The summed E-state index contributed by atoms with van der Waals surface area (Å²) in [6.07, 6.45) is 13.3. The normalized spacial score (nSPS) is 18.0. The number of piperidine rings is 3. The van der Waals surface area contributed by atoms with E-state index in [9.17, 15) is 9.90 Å². The predicted molar refractivity (Wildman–Crippen MR) is 284 cm³/mol. The molecule has 0 aliphatic carbocycles. The van der Waals surface area contributed by atoms with Crippen LogP contribution >= 0.6 is 23.2 Å². The highest BCUT2D eigenvalue weighted by Gasteiger charge is 2.33. The maximum absolute atomic E-state index is 12.0. The maximum atomic E-state index is 12.0. The van der Waals surface area contributed by atoms with Crippen LogP contribution in [-0.4, -0.2) is 109 Å². The molecule has 0 aromatic heterocycles. The molecule has 0 saturated carbocycles. The summed E-state index contributed by atoms with van der Waals surface area (Å²) in [5.74, 6) is 1.31. The molecule has 0 radical (unpaired) electrons. The predicted octanol–water partition coefficient (Wildman–Crippen LogP) is 12.8. The number of ether oxygens (including phenoxy) is 1. The Morgan fingerprint density at radius 3 is 1.52 bits per heavy atom. The molecule has 3 aromatic carbocycles. The number of aliphatic hydroxyl groups is 2. The lowest BCUT2D eigenvalue weighted by Crippen LogP contribution is -2.44. The molecule has 1 unspecified atom stereocenters. The molecule has 1 atom stereocenters. The number of esters is 1. The molecule has 3 fully saturated rings. The largest absolute Gasteiger partial charge is 0.466 e. The van der Waals surface area contributed by atoms with Gasteiger partial charge in [-0.3, -0.25) is 9.69 Å². The molecule has 0 bridgehead atoms. The van der Waals surface area contributed by atoms with E-state index in [0.717, 1.165) is 100 Å². The van der Waals surface area contributed by atoms with E-state index in [1.54, 1.807) is 0 Å². The van der Waals surface area contributed by atoms with E-state index in [1.807, 2.05) is 31.2 Å². The van der Waals surface area contributed by atoms with Crippen molar-refractivity contribution < 1.29 is 19.7 Å². The fraction of sp³-hybridized carbons (Fsp3) is 0.638. The minimum absolute atomic E-state index is 0.0180. The van der Waals surface area contributed by atoms with Crippen molar-refractivity contribution in [2.75, 3.05) is 72.2 Å². The van der Waals surface area contributed by atoms with Gasteiger partial charge in [0, 0.05) is 29.3 Å². The summed E-state index contributed by atoms with van der Waals surface area (Å²) in [6.45, 7) is 30.1. The fourth-order valence-corrected chi connectivity index (χ4v) is 10.2. The molecular formula is C58H89Cl2N3O4. The van der Waals surface area contributed by atoms with Crippen LogP contribution in [0.1, 0.15) is 143 Å². The highest BCUT2D eigenvalue weighted by atomic mass is 35.5. The summed E-state index contributed by atoms with van der Waals surface area (Å²) >= 11 is 11.9. The van der Waals surface area contributed by atoms with Crippen molar-refractivity contribution in [1.29, 1.82) is 0 Å². The van der Waals surface area contributed by atoms with Crippen molar-refractivity contribution in [2.45, 2.75) is 149 Å². The first-order valence-electron chi connectivity index (χ1n) is 25.7. The number of hydrogen-bond donors (Lipinski definition) is 2. The summed E-state index contributed by atoms with van der Waals surface area (Å²) in [5.41, 5.74) is 5.93. The Labute approximate surface area is 417 Å². The van der Waals surface area contributed by atoms with Gasteiger partial charge in [-0.2, -0.15) is 0 Å². The lowest BCUT2D eigenvalue weighted by Gasteiger charge is -2.39. The zero-order valence-electron chi connectivity index (χ0n) is 43.1. The number of likely N-dealkylation sites (tertiary alicyclic amines) is 3. The summed E-state index contributed by atoms with van der Waals surface area (Å²) < 4.78 is 5.21. The first-order valence-corrected chi connectivity index (χ1v) is 26.4. The minimum Gasteiger partial charge on any atom is -0.466 e. The second kappa shape index (κ2) is 28.2. The molecule has 3 heterocycles. The average molecular weight is 963 g/mol. The summed E-state index contributed by atoms with van der Waals surface area (Å²) in [5, 5.41) is 19.8. The SMILES string of the molecule is CC(C)(CCN1CCC(CCO)CC1)c1ccc(Cl)cc1.CC(C)(CCN1CCC(CO)CC1)c1ccc(Cl)cc1.CCOC(=O)C1CCN(C(C=C(C)C)CC(C)(C)c2ccccc2)CC1. The Morgan fingerprint density at radius 1 is 0.657 bits per heavy atom. The van der Waals surface area contributed by atoms with Crippen molar-refractivity contribution in [3.05, 3.63) is 117 Å². The molecule has 3 aliphatic rings. The van der Waals surface area contributed by atoms with Crippen molar-refractivity contribution in [3.8, 4) is 0 Å². The van der Waals surface area contributed by atoms with Crippen LogP contribution in [0.3, 0.4) is 0 Å². The van der Waals surface area contributed by atoms with Crippen LogP contribution in [-0.2, 0) is 25.8 Å². The molecule has 67 heavy (non-hydrogen) atoms. The van der Waals surface area contributed by atoms with Crippen LogP contribution in [0, 0.1) is 17.8 Å². The van der Waals surface area contributed by atoms with Gasteiger partial charge in [0.25, 0.3) is 0 Å². The zero-order valence-corrected chi connectivity index (χ0v) is 44.6. The summed E-state index contributed by atoms with van der Waals surface area (Å²) in [7, 11) is 0. The van der Waals surface area contributed by atoms with Crippen LogP contribution < -0.4 is 0 Å². The number of halogens is 2. The fourth-order valence-electron chi connectivity index (χ4n) is 9.98. The van der Waals surface area contributed by atoms with Crippen molar-refractivity contribution >= 4 is 29.2 Å². The molecule has 0 spiro atoms. The van der Waals surface area contributed by atoms with Crippen LogP contribution in [0.2, 0.25) is 10.0 Å². The van der Waals surface area contributed by atoms with Gasteiger partial charge in [0.1, 0.15) is 0 Å². The molecule has 2 N–H and O–H groups in total. The van der Waals surface area contributed by atoms with Gasteiger partial charge in [0.15, 0.2) is 0 Å². The van der Waals surface area contributed by atoms with Crippen LogP contribution in [0.5, 0.6) is 0 Å². The van der Waals surface area contributed by atoms with E-state index in [-0.39, 0.29) is 28.1 Å². The Kier molecular flexibility index (Phi) is 23.9. The first-order chi connectivity index (χ1) is 31.8. The monoisotopic (exact) mass is 962 g/mol. The number of carbonyl (C=O) groups is 1. The smallest absolute Gasteiger partial charge is 0.309 e. The summed E-state index contributed by atoms with van der Waals surface area (Å²) in [4.78, 5) is 19.7. The number of hydrogen-bond acceptors (Lipinski definition) is 7. The van der Waals surface area contributed by atoms with Crippen LogP contribution in [0.15, 0.2) is 90.5 Å². The van der Waals surface area contributed by atoms with Gasteiger partial charge in [0.05, 0.1) is 12.5 Å². The van der Waals surface area contributed by atoms with Gasteiger partial charge >= 0.3 is 5.97 Å². The van der Waals surface area contributed by atoms with Gasteiger partial charge in [-0.15, -0.1) is 0 Å². The quantitative estimate of drug-likeness (QED) is 0.0971. The first kappa shape index (κ1) is 56.8. The molecule has 0 amide bonds. The van der Waals surface area contributed by atoms with E-state index in [0.29, 0.717) is 31.8 Å². The molecule has 6 rings (SSSR count). The van der Waals surface area contributed by atoms with Crippen molar-refractivity contribution in [2.24, 2.45) is 17.8 Å². The third-order valence-electron chi connectivity index (χ3n) is 15.0. The molecule has 9 heteroatoms. The molecule has 3 saturated heterocycles. The van der Waals surface area contributed by atoms with Gasteiger partial charge in [-0.05, 0) is 206 Å². The molecule has 7 nitrogen and oxygen atoms in total. The minimum atomic E-state index is -0.0180. The number of benzene rings is 3. The maximum Gasteiger partial charge on any atom is 0.309 e. The van der Waals surface area contributed by atoms with E-state index in [4.69, 9.17) is 33.0 Å². The lowest BCUT2D eigenvalue weighted by molar-refractivity contribution is -0.149. The van der Waals surface area contributed by atoms with Crippen LogP contribution in [0.4, 0.5) is 0 Å².